The van der Waals surface area contributed by atoms with E-state index in [-0.39, 0.29) is 18.4 Å². The Balaban J connectivity index is 0. The Kier molecular flexibility index (Phi) is 11.2. The fourth-order valence-corrected chi connectivity index (χ4v) is 1.42. The second-order valence-corrected chi connectivity index (χ2v) is 3.96. The highest BCUT2D eigenvalue weighted by molar-refractivity contribution is 5.69. The van der Waals surface area contributed by atoms with Gasteiger partial charge in [-0.25, -0.2) is 0 Å². The molecule has 0 spiro atoms. The lowest BCUT2D eigenvalue weighted by Gasteiger charge is -2.13. The molecule has 0 aromatic carbocycles. The van der Waals surface area contributed by atoms with E-state index in [0.29, 0.717) is 24.9 Å². The number of hydrogen-bond acceptors (Lipinski definition) is 2. The third kappa shape index (κ3) is 9.76. The van der Waals surface area contributed by atoms with E-state index in [0.717, 1.165) is 13.0 Å². The van der Waals surface area contributed by atoms with Gasteiger partial charge in [0.2, 0.25) is 0 Å². The van der Waals surface area contributed by atoms with Gasteiger partial charge in [0.25, 0.3) is 0 Å². The molecule has 1 atom stereocenters. The van der Waals surface area contributed by atoms with Gasteiger partial charge in [0.1, 0.15) is 6.61 Å². The van der Waals surface area contributed by atoms with Crippen LogP contribution in [0.25, 0.3) is 0 Å². The molecule has 0 saturated carbocycles. The van der Waals surface area contributed by atoms with Crippen molar-refractivity contribution in [3.8, 4) is 0 Å². The Labute approximate surface area is 98.5 Å². The Morgan fingerprint density at radius 3 is 2.53 bits per heavy atom. The Hall–Kier alpha value is -0.540. The van der Waals surface area contributed by atoms with Crippen molar-refractivity contribution in [2.45, 2.75) is 26.7 Å². The van der Waals surface area contributed by atoms with Crippen LogP contribution in [0.3, 0.4) is 0 Å². The average Bonchev–Trinajstić information content (AvgIpc) is 2.12. The number of halogens is 1. The summed E-state index contributed by atoms with van der Waals surface area (Å²) >= 11 is 0. The van der Waals surface area contributed by atoms with Gasteiger partial charge in [-0.05, 0) is 12.3 Å². The molecule has 0 aliphatic carbocycles. The van der Waals surface area contributed by atoms with Crippen LogP contribution >= 0.6 is 0 Å². The number of quaternary nitrogens is 1. The smallest absolute Gasteiger partial charge is 0.306 e. The van der Waals surface area contributed by atoms with Crippen molar-refractivity contribution in [1.29, 1.82) is 0 Å². The van der Waals surface area contributed by atoms with E-state index in [2.05, 4.69) is 26.2 Å². The number of carbonyl (C=O) groups excluding carboxylic acids is 1. The summed E-state index contributed by atoms with van der Waals surface area (Å²) in [7, 11) is 0. The van der Waals surface area contributed by atoms with Crippen LogP contribution < -0.4 is 18.1 Å². The SMILES string of the molecule is C=CCOC(=O)C[C@@H](C[NH3+])CC(C)C.[Cl-]. The Morgan fingerprint density at radius 2 is 2.13 bits per heavy atom. The summed E-state index contributed by atoms with van der Waals surface area (Å²) in [6.45, 7) is 8.89. The van der Waals surface area contributed by atoms with Gasteiger partial charge in [-0.2, -0.15) is 0 Å². The van der Waals surface area contributed by atoms with Crippen LogP contribution in [-0.4, -0.2) is 19.1 Å². The lowest BCUT2D eigenvalue weighted by molar-refractivity contribution is -0.379. The molecule has 0 aromatic rings. The van der Waals surface area contributed by atoms with Crippen LogP contribution in [0.15, 0.2) is 12.7 Å². The van der Waals surface area contributed by atoms with Crippen molar-refractivity contribution in [2.24, 2.45) is 11.8 Å². The van der Waals surface area contributed by atoms with Crippen LogP contribution in [0.1, 0.15) is 26.7 Å². The van der Waals surface area contributed by atoms with Gasteiger partial charge in [-0.1, -0.05) is 26.5 Å². The third-order valence-electron chi connectivity index (χ3n) is 2.03. The maximum absolute atomic E-state index is 11.3. The minimum atomic E-state index is -0.140. The Morgan fingerprint density at radius 1 is 1.53 bits per heavy atom. The Bertz CT molecular complexity index is 183. The molecule has 0 fully saturated rings. The molecule has 15 heavy (non-hydrogen) atoms. The van der Waals surface area contributed by atoms with Crippen LogP contribution in [0.5, 0.6) is 0 Å². The molecule has 0 heterocycles. The number of ether oxygens (including phenoxy) is 1. The third-order valence-corrected chi connectivity index (χ3v) is 2.03. The molecule has 0 aromatic heterocycles. The standard InChI is InChI=1S/C11H21NO2.ClH/c1-4-5-14-11(13)7-10(8-12)6-9(2)3;/h4,9-10H,1,5-8,12H2,2-3H3;1H/t10-;/m0./s1. The second-order valence-electron chi connectivity index (χ2n) is 3.96. The van der Waals surface area contributed by atoms with E-state index in [1.807, 2.05) is 0 Å². The molecule has 3 N–H and O–H groups in total. The zero-order valence-electron chi connectivity index (χ0n) is 9.67. The van der Waals surface area contributed by atoms with Gasteiger partial charge in [-0.3, -0.25) is 4.79 Å². The van der Waals surface area contributed by atoms with E-state index in [9.17, 15) is 4.79 Å². The second kappa shape index (κ2) is 9.99. The molecular weight excluding hydrogens is 214 g/mol. The van der Waals surface area contributed by atoms with Crippen LogP contribution in [0.4, 0.5) is 0 Å². The zero-order valence-corrected chi connectivity index (χ0v) is 10.4. The molecule has 0 aliphatic rings. The average molecular weight is 236 g/mol. The zero-order chi connectivity index (χ0) is 11.0. The lowest BCUT2D eigenvalue weighted by atomic mass is 9.94. The highest BCUT2D eigenvalue weighted by Gasteiger charge is 2.16. The summed E-state index contributed by atoms with van der Waals surface area (Å²) in [5.74, 6) is 0.820. The molecule has 0 radical (unpaired) electrons. The van der Waals surface area contributed by atoms with Crippen LogP contribution in [0.2, 0.25) is 0 Å². The number of esters is 1. The van der Waals surface area contributed by atoms with Gasteiger partial charge in [-0.15, -0.1) is 0 Å². The molecule has 3 nitrogen and oxygen atoms in total. The first-order valence-electron chi connectivity index (χ1n) is 5.15. The summed E-state index contributed by atoms with van der Waals surface area (Å²) in [6.07, 6.45) is 3.10. The number of hydrogen-bond donors (Lipinski definition) is 1. The van der Waals surface area contributed by atoms with E-state index in [4.69, 9.17) is 4.74 Å². The predicted molar refractivity (Wildman–Crippen MR) is 56.5 cm³/mol. The fraction of sp³-hybridized carbons (Fsp3) is 0.727. The monoisotopic (exact) mass is 235 g/mol. The van der Waals surface area contributed by atoms with Gasteiger partial charge in [0.05, 0.1) is 13.0 Å². The molecule has 0 bridgehead atoms. The minimum Gasteiger partial charge on any atom is -1.00 e. The molecule has 0 rings (SSSR count). The molecule has 0 aliphatic heterocycles. The van der Waals surface area contributed by atoms with Crippen molar-refractivity contribution in [2.75, 3.05) is 13.2 Å². The molecule has 0 amide bonds. The summed E-state index contributed by atoms with van der Waals surface area (Å²) in [6, 6.07) is 0. The summed E-state index contributed by atoms with van der Waals surface area (Å²) in [4.78, 5) is 11.3. The van der Waals surface area contributed by atoms with Crippen molar-refractivity contribution in [3.05, 3.63) is 12.7 Å². The predicted octanol–water partition coefficient (Wildman–Crippen LogP) is -1.99. The molecule has 0 saturated heterocycles. The lowest BCUT2D eigenvalue weighted by Crippen LogP contribution is -3.00. The first-order chi connectivity index (χ1) is 6.60. The number of rotatable bonds is 7. The summed E-state index contributed by atoms with van der Waals surface area (Å²) in [5, 5.41) is 0. The van der Waals surface area contributed by atoms with Gasteiger partial charge in [0, 0.05) is 5.92 Å². The van der Waals surface area contributed by atoms with E-state index >= 15 is 0 Å². The van der Waals surface area contributed by atoms with Crippen molar-refractivity contribution >= 4 is 5.97 Å². The van der Waals surface area contributed by atoms with Gasteiger partial charge in [0.15, 0.2) is 0 Å². The van der Waals surface area contributed by atoms with Crippen LogP contribution in [0, 0.1) is 11.8 Å². The fourth-order valence-electron chi connectivity index (χ4n) is 1.42. The van der Waals surface area contributed by atoms with E-state index in [1.165, 1.54) is 0 Å². The van der Waals surface area contributed by atoms with E-state index in [1.54, 1.807) is 6.08 Å². The van der Waals surface area contributed by atoms with Crippen LogP contribution in [-0.2, 0) is 9.53 Å². The molecule has 90 valence electrons. The first kappa shape index (κ1) is 16.9. The van der Waals surface area contributed by atoms with Crippen molar-refractivity contribution in [1.82, 2.24) is 0 Å². The molecule has 0 unspecified atom stereocenters. The quantitative estimate of drug-likeness (QED) is 0.411. The van der Waals surface area contributed by atoms with Crippen molar-refractivity contribution in [3.63, 3.8) is 0 Å². The molecular formula is C11H22ClNO2. The van der Waals surface area contributed by atoms with E-state index < -0.39 is 0 Å². The maximum atomic E-state index is 11.3. The highest BCUT2D eigenvalue weighted by Crippen LogP contribution is 2.14. The topological polar surface area (TPSA) is 53.9 Å². The first-order valence-corrected chi connectivity index (χ1v) is 5.15. The van der Waals surface area contributed by atoms with Crippen molar-refractivity contribution < 1.29 is 27.7 Å². The normalized spacial score (nSPS) is 11.7. The summed E-state index contributed by atoms with van der Waals surface area (Å²) < 4.78 is 4.92. The highest BCUT2D eigenvalue weighted by atomic mass is 35.5. The maximum Gasteiger partial charge on any atom is 0.306 e. The number of carbonyl (C=O) groups is 1. The largest absolute Gasteiger partial charge is 1.00 e. The summed E-state index contributed by atoms with van der Waals surface area (Å²) in [5.41, 5.74) is 3.84. The van der Waals surface area contributed by atoms with Gasteiger partial charge < -0.3 is 22.9 Å². The minimum absolute atomic E-state index is 0. The van der Waals surface area contributed by atoms with Gasteiger partial charge >= 0.3 is 5.97 Å². The molecule has 4 heteroatoms.